The molecule has 22 heavy (non-hydrogen) atoms. The van der Waals surface area contributed by atoms with Crippen molar-refractivity contribution in [2.24, 2.45) is 0 Å². The van der Waals surface area contributed by atoms with E-state index in [2.05, 4.69) is 0 Å². The maximum atomic E-state index is 13.7. The molecule has 118 valence electrons. The number of benzene rings is 2. The molecule has 0 aliphatic heterocycles. The highest BCUT2D eigenvalue weighted by Crippen LogP contribution is 2.22. The largest absolute Gasteiger partial charge is 0.395 e. The van der Waals surface area contributed by atoms with Gasteiger partial charge in [0.1, 0.15) is 11.6 Å². The molecule has 0 aliphatic carbocycles. The molecule has 0 spiro atoms. The van der Waals surface area contributed by atoms with Gasteiger partial charge in [0.05, 0.1) is 18.3 Å². The molecule has 2 N–H and O–H groups in total. The van der Waals surface area contributed by atoms with Crippen molar-refractivity contribution in [2.45, 2.75) is 12.6 Å². The van der Waals surface area contributed by atoms with E-state index in [1.165, 1.54) is 6.07 Å². The molecule has 1 unspecified atom stereocenters. The SMILES string of the molecule is OCCN(Cc1ccccc1)CC(O)c1c(F)cccc1F. The Balaban J connectivity index is 2.10. The number of halogens is 2. The molecule has 0 amide bonds. The first-order chi connectivity index (χ1) is 10.6. The van der Waals surface area contributed by atoms with Crippen LogP contribution in [0.4, 0.5) is 8.78 Å². The average Bonchev–Trinajstić information content (AvgIpc) is 2.48. The van der Waals surface area contributed by atoms with E-state index in [9.17, 15) is 13.9 Å². The number of nitrogens with zero attached hydrogens (tertiary/aromatic N) is 1. The van der Waals surface area contributed by atoms with Gasteiger partial charge in [0.25, 0.3) is 0 Å². The van der Waals surface area contributed by atoms with Gasteiger partial charge in [-0.1, -0.05) is 36.4 Å². The van der Waals surface area contributed by atoms with Crippen LogP contribution >= 0.6 is 0 Å². The van der Waals surface area contributed by atoms with E-state index in [1.807, 2.05) is 30.3 Å². The zero-order chi connectivity index (χ0) is 15.9. The summed E-state index contributed by atoms with van der Waals surface area (Å²) in [4.78, 5) is 1.76. The van der Waals surface area contributed by atoms with E-state index in [0.717, 1.165) is 17.7 Å². The van der Waals surface area contributed by atoms with Crippen LogP contribution in [0.3, 0.4) is 0 Å². The van der Waals surface area contributed by atoms with Crippen LogP contribution < -0.4 is 0 Å². The standard InChI is InChI=1S/C17H19F2NO2/c18-14-7-4-8-15(19)17(14)16(22)12-20(9-10-21)11-13-5-2-1-3-6-13/h1-8,16,21-22H,9-12H2. The fraction of sp³-hybridized carbons (Fsp3) is 0.294. The summed E-state index contributed by atoms with van der Waals surface area (Å²) in [5.41, 5.74) is 0.663. The van der Waals surface area contributed by atoms with E-state index in [4.69, 9.17) is 5.11 Å². The van der Waals surface area contributed by atoms with Gasteiger partial charge in [-0.05, 0) is 17.7 Å². The molecular weight excluding hydrogens is 288 g/mol. The van der Waals surface area contributed by atoms with Crippen molar-refractivity contribution in [3.8, 4) is 0 Å². The van der Waals surface area contributed by atoms with Crippen LogP contribution in [0.2, 0.25) is 0 Å². The Kier molecular flexibility index (Phi) is 6.00. The normalized spacial score (nSPS) is 12.6. The lowest BCUT2D eigenvalue weighted by Crippen LogP contribution is -2.31. The molecule has 0 heterocycles. The summed E-state index contributed by atoms with van der Waals surface area (Å²) in [6.45, 7) is 0.725. The highest BCUT2D eigenvalue weighted by atomic mass is 19.1. The third-order valence-corrected chi connectivity index (χ3v) is 3.43. The van der Waals surface area contributed by atoms with Crippen LogP contribution in [0.5, 0.6) is 0 Å². The summed E-state index contributed by atoms with van der Waals surface area (Å²) in [7, 11) is 0. The number of hydrogen-bond donors (Lipinski definition) is 2. The van der Waals surface area contributed by atoms with E-state index in [0.29, 0.717) is 13.1 Å². The van der Waals surface area contributed by atoms with Gasteiger partial charge in [-0.2, -0.15) is 0 Å². The highest BCUT2D eigenvalue weighted by Gasteiger charge is 2.20. The van der Waals surface area contributed by atoms with Crippen molar-refractivity contribution in [3.05, 3.63) is 71.3 Å². The van der Waals surface area contributed by atoms with Crippen LogP contribution in [0.1, 0.15) is 17.2 Å². The van der Waals surface area contributed by atoms with Crippen LogP contribution in [0.15, 0.2) is 48.5 Å². The molecule has 0 bridgehead atoms. The second kappa shape index (κ2) is 7.98. The lowest BCUT2D eigenvalue weighted by molar-refractivity contribution is 0.0907. The fourth-order valence-electron chi connectivity index (χ4n) is 2.38. The Hall–Kier alpha value is -1.82. The van der Waals surface area contributed by atoms with Crippen LogP contribution in [0, 0.1) is 11.6 Å². The third kappa shape index (κ3) is 4.34. The van der Waals surface area contributed by atoms with Gasteiger partial charge in [-0.25, -0.2) is 8.78 Å². The minimum absolute atomic E-state index is 0.0350. The smallest absolute Gasteiger partial charge is 0.131 e. The van der Waals surface area contributed by atoms with Crippen molar-refractivity contribution in [3.63, 3.8) is 0 Å². The van der Waals surface area contributed by atoms with Gasteiger partial charge in [-0.15, -0.1) is 0 Å². The molecule has 5 heteroatoms. The third-order valence-electron chi connectivity index (χ3n) is 3.43. The molecule has 2 aromatic carbocycles. The summed E-state index contributed by atoms with van der Waals surface area (Å²) in [5.74, 6) is -1.53. The zero-order valence-corrected chi connectivity index (χ0v) is 12.1. The molecule has 0 saturated carbocycles. The Labute approximate surface area is 128 Å². The number of hydrogen-bond acceptors (Lipinski definition) is 3. The summed E-state index contributed by atoms with van der Waals surface area (Å²) in [5, 5.41) is 19.3. The molecule has 0 saturated heterocycles. The molecule has 2 aromatic rings. The summed E-state index contributed by atoms with van der Waals surface area (Å²) >= 11 is 0. The zero-order valence-electron chi connectivity index (χ0n) is 12.1. The molecule has 1 atom stereocenters. The van der Waals surface area contributed by atoms with Crippen molar-refractivity contribution >= 4 is 0 Å². The van der Waals surface area contributed by atoms with Gasteiger partial charge in [0.2, 0.25) is 0 Å². The maximum Gasteiger partial charge on any atom is 0.131 e. The van der Waals surface area contributed by atoms with E-state index >= 15 is 0 Å². The quantitative estimate of drug-likeness (QED) is 0.826. The van der Waals surface area contributed by atoms with Crippen LogP contribution in [0.25, 0.3) is 0 Å². The van der Waals surface area contributed by atoms with E-state index < -0.39 is 17.7 Å². The Bertz CT molecular complexity index is 572. The molecule has 2 rings (SSSR count). The lowest BCUT2D eigenvalue weighted by atomic mass is 10.1. The molecular formula is C17H19F2NO2. The number of aliphatic hydroxyl groups is 2. The molecule has 0 radical (unpaired) electrons. The first-order valence-corrected chi connectivity index (χ1v) is 7.11. The highest BCUT2D eigenvalue weighted by molar-refractivity contribution is 5.22. The average molecular weight is 307 g/mol. The summed E-state index contributed by atoms with van der Waals surface area (Å²) in [6, 6.07) is 13.0. The van der Waals surface area contributed by atoms with Crippen molar-refractivity contribution in [1.29, 1.82) is 0 Å². The topological polar surface area (TPSA) is 43.7 Å². The van der Waals surface area contributed by atoms with Crippen molar-refractivity contribution < 1.29 is 19.0 Å². The van der Waals surface area contributed by atoms with Gasteiger partial charge < -0.3 is 10.2 Å². The number of aliphatic hydroxyl groups excluding tert-OH is 2. The summed E-state index contributed by atoms with van der Waals surface area (Å²) < 4.78 is 27.4. The Morgan fingerprint density at radius 3 is 2.18 bits per heavy atom. The molecule has 0 fully saturated rings. The van der Waals surface area contributed by atoms with Crippen LogP contribution in [-0.4, -0.2) is 34.8 Å². The van der Waals surface area contributed by atoms with Gasteiger partial charge in [0.15, 0.2) is 0 Å². The summed E-state index contributed by atoms with van der Waals surface area (Å²) in [6.07, 6.45) is -1.29. The minimum atomic E-state index is -1.29. The van der Waals surface area contributed by atoms with E-state index in [-0.39, 0.29) is 18.7 Å². The minimum Gasteiger partial charge on any atom is -0.395 e. The fourth-order valence-corrected chi connectivity index (χ4v) is 2.38. The van der Waals surface area contributed by atoms with Crippen LogP contribution in [-0.2, 0) is 6.54 Å². The maximum absolute atomic E-state index is 13.7. The first-order valence-electron chi connectivity index (χ1n) is 7.11. The Morgan fingerprint density at radius 2 is 1.59 bits per heavy atom. The Morgan fingerprint density at radius 1 is 0.955 bits per heavy atom. The lowest BCUT2D eigenvalue weighted by Gasteiger charge is -2.25. The molecule has 0 aromatic heterocycles. The predicted molar refractivity (Wildman–Crippen MR) is 80.1 cm³/mol. The monoisotopic (exact) mass is 307 g/mol. The van der Waals surface area contributed by atoms with E-state index in [1.54, 1.807) is 4.90 Å². The molecule has 3 nitrogen and oxygen atoms in total. The van der Waals surface area contributed by atoms with Gasteiger partial charge in [-0.3, -0.25) is 4.90 Å². The molecule has 0 aliphatic rings. The predicted octanol–water partition coefficient (Wildman–Crippen LogP) is 2.49. The van der Waals surface area contributed by atoms with Crippen molar-refractivity contribution in [1.82, 2.24) is 4.90 Å². The second-order valence-electron chi connectivity index (χ2n) is 5.10. The van der Waals surface area contributed by atoms with Gasteiger partial charge in [0, 0.05) is 19.6 Å². The van der Waals surface area contributed by atoms with Gasteiger partial charge >= 0.3 is 0 Å². The number of rotatable bonds is 7. The second-order valence-corrected chi connectivity index (χ2v) is 5.10. The van der Waals surface area contributed by atoms with Crippen molar-refractivity contribution in [2.75, 3.05) is 19.7 Å². The first kappa shape index (κ1) is 16.5.